The molecule has 0 saturated carbocycles. The normalized spacial score (nSPS) is 12.1. The van der Waals surface area contributed by atoms with Crippen molar-refractivity contribution in [3.05, 3.63) is 36.5 Å². The van der Waals surface area contributed by atoms with Gasteiger partial charge in [0.05, 0.1) is 11.7 Å². The highest BCUT2D eigenvalue weighted by molar-refractivity contribution is 5.94. The minimum absolute atomic E-state index is 0.180. The highest BCUT2D eigenvalue weighted by Crippen LogP contribution is 2.19. The lowest BCUT2D eigenvalue weighted by Gasteiger charge is -2.12. The Kier molecular flexibility index (Phi) is 5.48. The van der Waals surface area contributed by atoms with E-state index in [1.54, 1.807) is 13.3 Å². The van der Waals surface area contributed by atoms with Crippen molar-refractivity contribution < 1.29 is 9.53 Å². The smallest absolute Gasteiger partial charge is 0.241 e. The van der Waals surface area contributed by atoms with Gasteiger partial charge in [-0.2, -0.15) is 5.10 Å². The van der Waals surface area contributed by atoms with E-state index in [4.69, 9.17) is 10.5 Å². The summed E-state index contributed by atoms with van der Waals surface area (Å²) in [7, 11) is 1.63. The number of amides is 1. The van der Waals surface area contributed by atoms with Gasteiger partial charge in [-0.1, -0.05) is 12.1 Å². The highest BCUT2D eigenvalue weighted by atomic mass is 16.5. The topological polar surface area (TPSA) is 93.0 Å². The van der Waals surface area contributed by atoms with Crippen LogP contribution in [0.4, 0.5) is 5.69 Å². The van der Waals surface area contributed by atoms with Crippen LogP contribution in [-0.2, 0) is 9.53 Å². The van der Waals surface area contributed by atoms with Gasteiger partial charge in [-0.15, -0.1) is 0 Å². The average molecular weight is 288 g/mol. The summed E-state index contributed by atoms with van der Waals surface area (Å²) in [6, 6.07) is 8.89. The summed E-state index contributed by atoms with van der Waals surface area (Å²) in [6.07, 6.45) is 3.07. The van der Waals surface area contributed by atoms with Crippen LogP contribution in [0.15, 0.2) is 36.5 Å². The third-order valence-corrected chi connectivity index (χ3v) is 3.16. The number of hydrogen-bond donors (Lipinski definition) is 3. The van der Waals surface area contributed by atoms with E-state index in [9.17, 15) is 4.79 Å². The van der Waals surface area contributed by atoms with Crippen LogP contribution in [-0.4, -0.2) is 35.9 Å². The highest BCUT2D eigenvalue weighted by Gasteiger charge is 2.13. The standard InChI is InChI=1S/C15H20N4O2/c1-21-10-2-3-13(16)15(20)18-12-6-4-11(5-7-12)14-8-9-17-19-14/h4-9,13H,2-3,10,16H2,1H3,(H,17,19)(H,18,20). The fourth-order valence-electron chi connectivity index (χ4n) is 1.96. The second kappa shape index (κ2) is 7.56. The molecule has 0 spiro atoms. The number of hydrogen-bond acceptors (Lipinski definition) is 4. The molecular formula is C15H20N4O2. The molecule has 21 heavy (non-hydrogen) atoms. The number of anilines is 1. The summed E-state index contributed by atoms with van der Waals surface area (Å²) in [4.78, 5) is 11.9. The Morgan fingerprint density at radius 2 is 2.14 bits per heavy atom. The Labute approximate surface area is 123 Å². The molecule has 1 atom stereocenters. The Hall–Kier alpha value is -2.18. The molecule has 0 saturated heterocycles. The molecule has 0 aliphatic rings. The van der Waals surface area contributed by atoms with Gasteiger partial charge < -0.3 is 15.8 Å². The maximum absolute atomic E-state index is 11.9. The summed E-state index contributed by atoms with van der Waals surface area (Å²) in [5, 5.41) is 9.61. The molecule has 0 aliphatic carbocycles. The van der Waals surface area contributed by atoms with Crippen LogP contribution < -0.4 is 11.1 Å². The number of carbonyl (C=O) groups is 1. The van der Waals surface area contributed by atoms with Crippen molar-refractivity contribution in [3.8, 4) is 11.3 Å². The third kappa shape index (κ3) is 4.40. The third-order valence-electron chi connectivity index (χ3n) is 3.16. The largest absolute Gasteiger partial charge is 0.385 e. The molecule has 1 unspecified atom stereocenters. The van der Waals surface area contributed by atoms with E-state index in [0.717, 1.165) is 23.4 Å². The first-order valence-corrected chi connectivity index (χ1v) is 6.86. The van der Waals surface area contributed by atoms with Gasteiger partial charge in [-0.05, 0) is 36.6 Å². The van der Waals surface area contributed by atoms with Gasteiger partial charge in [-0.3, -0.25) is 9.89 Å². The number of nitrogens with two attached hydrogens (primary N) is 1. The molecule has 6 nitrogen and oxygen atoms in total. The maximum Gasteiger partial charge on any atom is 0.241 e. The van der Waals surface area contributed by atoms with Gasteiger partial charge >= 0.3 is 0 Å². The lowest BCUT2D eigenvalue weighted by Crippen LogP contribution is -2.35. The van der Waals surface area contributed by atoms with Gasteiger partial charge in [0.1, 0.15) is 0 Å². The number of nitrogens with zero attached hydrogens (tertiary/aromatic N) is 1. The molecule has 0 bridgehead atoms. The Morgan fingerprint density at radius 3 is 2.76 bits per heavy atom. The fourth-order valence-corrected chi connectivity index (χ4v) is 1.96. The van der Waals surface area contributed by atoms with Crippen molar-refractivity contribution in [1.82, 2.24) is 10.2 Å². The van der Waals surface area contributed by atoms with Crippen molar-refractivity contribution in [2.45, 2.75) is 18.9 Å². The number of ether oxygens (including phenoxy) is 1. The molecule has 2 aromatic rings. The number of rotatable bonds is 7. The number of aromatic nitrogens is 2. The van der Waals surface area contributed by atoms with Gasteiger partial charge in [0.15, 0.2) is 0 Å². The van der Waals surface area contributed by atoms with Gasteiger partial charge in [-0.25, -0.2) is 0 Å². The van der Waals surface area contributed by atoms with E-state index in [1.807, 2.05) is 30.3 Å². The summed E-state index contributed by atoms with van der Waals surface area (Å²) in [5.41, 5.74) is 8.50. The monoisotopic (exact) mass is 288 g/mol. The molecule has 1 heterocycles. The maximum atomic E-state index is 11.9. The Bertz CT molecular complexity index is 552. The van der Waals surface area contributed by atoms with Crippen LogP contribution in [0, 0.1) is 0 Å². The molecule has 6 heteroatoms. The number of H-pyrrole nitrogens is 1. The minimum atomic E-state index is -0.521. The van der Waals surface area contributed by atoms with Crippen molar-refractivity contribution in [2.24, 2.45) is 5.73 Å². The minimum Gasteiger partial charge on any atom is -0.385 e. The molecule has 1 aromatic heterocycles. The Balaban J connectivity index is 1.89. The molecule has 0 radical (unpaired) electrons. The zero-order valence-corrected chi connectivity index (χ0v) is 12.0. The van der Waals surface area contributed by atoms with Gasteiger partial charge in [0.25, 0.3) is 0 Å². The van der Waals surface area contributed by atoms with E-state index >= 15 is 0 Å². The van der Waals surface area contributed by atoms with E-state index in [-0.39, 0.29) is 5.91 Å². The molecule has 1 aromatic carbocycles. The second-order valence-electron chi connectivity index (χ2n) is 4.78. The number of benzene rings is 1. The molecule has 1 amide bonds. The molecule has 2 rings (SSSR count). The zero-order valence-electron chi connectivity index (χ0n) is 12.0. The summed E-state index contributed by atoms with van der Waals surface area (Å²) < 4.78 is 4.94. The lowest BCUT2D eigenvalue weighted by atomic mass is 10.1. The predicted molar refractivity (Wildman–Crippen MR) is 81.7 cm³/mol. The van der Waals surface area contributed by atoms with E-state index < -0.39 is 6.04 Å². The van der Waals surface area contributed by atoms with E-state index in [1.165, 1.54) is 0 Å². The zero-order chi connectivity index (χ0) is 15.1. The van der Waals surface area contributed by atoms with E-state index in [2.05, 4.69) is 15.5 Å². The Morgan fingerprint density at radius 1 is 1.38 bits per heavy atom. The average Bonchev–Trinajstić information content (AvgIpc) is 3.02. The van der Waals surface area contributed by atoms with Crippen LogP contribution in [0.3, 0.4) is 0 Å². The predicted octanol–water partition coefficient (Wildman–Crippen LogP) is 1.77. The van der Waals surface area contributed by atoms with Crippen molar-refractivity contribution >= 4 is 11.6 Å². The fraction of sp³-hybridized carbons (Fsp3) is 0.333. The van der Waals surface area contributed by atoms with Crippen LogP contribution in [0.1, 0.15) is 12.8 Å². The quantitative estimate of drug-likeness (QED) is 0.677. The van der Waals surface area contributed by atoms with Crippen molar-refractivity contribution in [3.63, 3.8) is 0 Å². The molecule has 0 aliphatic heterocycles. The molecular weight excluding hydrogens is 268 g/mol. The first-order chi connectivity index (χ1) is 10.2. The van der Waals surface area contributed by atoms with Crippen molar-refractivity contribution in [2.75, 3.05) is 19.0 Å². The van der Waals surface area contributed by atoms with E-state index in [0.29, 0.717) is 13.0 Å². The first-order valence-electron chi connectivity index (χ1n) is 6.86. The summed E-state index contributed by atoms with van der Waals surface area (Å²) >= 11 is 0. The number of aromatic amines is 1. The number of carbonyl (C=O) groups excluding carboxylic acids is 1. The second-order valence-corrected chi connectivity index (χ2v) is 4.78. The van der Waals surface area contributed by atoms with Crippen LogP contribution >= 0.6 is 0 Å². The molecule has 4 N–H and O–H groups in total. The van der Waals surface area contributed by atoms with Crippen molar-refractivity contribution in [1.29, 1.82) is 0 Å². The molecule has 0 fully saturated rings. The summed E-state index contributed by atoms with van der Waals surface area (Å²) in [6.45, 7) is 0.611. The SMILES string of the molecule is COCCCC(N)C(=O)Nc1ccc(-c2ccn[nH]2)cc1. The van der Waals surface area contributed by atoms with Gasteiger partial charge in [0, 0.05) is 25.6 Å². The van der Waals surface area contributed by atoms with Crippen LogP contribution in [0.2, 0.25) is 0 Å². The van der Waals surface area contributed by atoms with Gasteiger partial charge in [0.2, 0.25) is 5.91 Å². The summed E-state index contributed by atoms with van der Waals surface area (Å²) in [5.74, 6) is -0.180. The molecule has 112 valence electrons. The van der Waals surface area contributed by atoms with Crippen LogP contribution in [0.5, 0.6) is 0 Å². The number of nitrogens with one attached hydrogen (secondary N) is 2. The van der Waals surface area contributed by atoms with Crippen LogP contribution in [0.25, 0.3) is 11.3 Å². The number of methoxy groups -OCH3 is 1. The lowest BCUT2D eigenvalue weighted by molar-refractivity contribution is -0.117. The first kappa shape index (κ1) is 15.2.